The molecule has 0 aliphatic heterocycles. The standard InChI is InChI=1S/C9H16N4O3S2/c1-7(10-3-4-12-18(2,15)16)8(14)13-9-11-5-6-17-9/h5-7,10,12H,3-4H2,1-2H3,(H,11,13,14). The van der Waals surface area contributed by atoms with Crippen molar-refractivity contribution in [3.8, 4) is 0 Å². The van der Waals surface area contributed by atoms with E-state index >= 15 is 0 Å². The van der Waals surface area contributed by atoms with Gasteiger partial charge in [-0.3, -0.25) is 4.79 Å². The van der Waals surface area contributed by atoms with Crippen molar-refractivity contribution in [1.82, 2.24) is 15.0 Å². The zero-order chi connectivity index (χ0) is 13.6. The van der Waals surface area contributed by atoms with E-state index in [1.165, 1.54) is 11.3 Å². The predicted octanol–water partition coefficient (Wildman–Crippen LogP) is -0.391. The molecule has 1 heterocycles. The molecular weight excluding hydrogens is 276 g/mol. The molecule has 0 radical (unpaired) electrons. The third kappa shape index (κ3) is 6.05. The number of hydrogen-bond acceptors (Lipinski definition) is 6. The highest BCUT2D eigenvalue weighted by atomic mass is 32.2. The lowest BCUT2D eigenvalue weighted by molar-refractivity contribution is -0.117. The van der Waals surface area contributed by atoms with Crippen molar-refractivity contribution in [2.24, 2.45) is 0 Å². The molecule has 1 rings (SSSR count). The summed E-state index contributed by atoms with van der Waals surface area (Å²) in [5.74, 6) is -0.204. The maximum atomic E-state index is 11.7. The Bertz CT molecular complexity index is 472. The largest absolute Gasteiger partial charge is 0.305 e. The maximum Gasteiger partial charge on any atom is 0.243 e. The molecular formula is C9H16N4O3S2. The van der Waals surface area contributed by atoms with E-state index in [2.05, 4.69) is 20.3 Å². The summed E-state index contributed by atoms with van der Waals surface area (Å²) in [6.07, 6.45) is 2.69. The Morgan fingerprint density at radius 3 is 2.78 bits per heavy atom. The average molecular weight is 292 g/mol. The number of sulfonamides is 1. The van der Waals surface area contributed by atoms with Gasteiger partial charge in [0, 0.05) is 24.7 Å². The van der Waals surface area contributed by atoms with Crippen LogP contribution in [-0.2, 0) is 14.8 Å². The van der Waals surface area contributed by atoms with Gasteiger partial charge in [0.05, 0.1) is 12.3 Å². The quantitative estimate of drug-likeness (QED) is 0.594. The lowest BCUT2D eigenvalue weighted by atomic mass is 10.3. The van der Waals surface area contributed by atoms with Gasteiger partial charge in [0.2, 0.25) is 15.9 Å². The molecule has 0 saturated carbocycles. The molecule has 1 amide bonds. The van der Waals surface area contributed by atoms with Crippen LogP contribution in [0.2, 0.25) is 0 Å². The van der Waals surface area contributed by atoms with Crippen LogP contribution in [0.15, 0.2) is 11.6 Å². The van der Waals surface area contributed by atoms with E-state index in [0.29, 0.717) is 11.7 Å². The number of aromatic nitrogens is 1. The van der Waals surface area contributed by atoms with Crippen LogP contribution in [0, 0.1) is 0 Å². The van der Waals surface area contributed by atoms with Crippen molar-refractivity contribution >= 4 is 32.4 Å². The smallest absolute Gasteiger partial charge is 0.243 e. The van der Waals surface area contributed by atoms with Crippen LogP contribution in [0.5, 0.6) is 0 Å². The Labute approximate surface area is 110 Å². The van der Waals surface area contributed by atoms with Gasteiger partial charge in [0.1, 0.15) is 0 Å². The summed E-state index contributed by atoms with van der Waals surface area (Å²) in [6, 6.07) is -0.421. The highest BCUT2D eigenvalue weighted by Gasteiger charge is 2.13. The first kappa shape index (κ1) is 15.0. The molecule has 1 atom stereocenters. The molecule has 0 aliphatic carbocycles. The molecule has 1 unspecified atom stereocenters. The van der Waals surface area contributed by atoms with Crippen LogP contribution in [-0.4, -0.2) is 44.7 Å². The summed E-state index contributed by atoms with van der Waals surface area (Å²) in [5, 5.41) is 7.86. The van der Waals surface area contributed by atoms with Gasteiger partial charge in [-0.05, 0) is 6.92 Å². The molecule has 102 valence electrons. The first-order chi connectivity index (χ1) is 8.38. The second kappa shape index (κ2) is 6.78. The molecule has 18 heavy (non-hydrogen) atoms. The number of nitrogens with zero attached hydrogens (tertiary/aromatic N) is 1. The topological polar surface area (TPSA) is 100 Å². The zero-order valence-electron chi connectivity index (χ0n) is 10.1. The summed E-state index contributed by atoms with van der Waals surface area (Å²) in [6.45, 7) is 2.32. The molecule has 1 aromatic rings. The Morgan fingerprint density at radius 2 is 2.22 bits per heavy atom. The summed E-state index contributed by atoms with van der Waals surface area (Å²) in [7, 11) is -3.18. The highest BCUT2D eigenvalue weighted by Crippen LogP contribution is 2.10. The number of carbonyl (C=O) groups excluding carboxylic acids is 1. The van der Waals surface area contributed by atoms with Gasteiger partial charge in [-0.2, -0.15) is 0 Å². The Morgan fingerprint density at radius 1 is 1.50 bits per heavy atom. The van der Waals surface area contributed by atoms with Crippen molar-refractivity contribution < 1.29 is 13.2 Å². The number of amides is 1. The van der Waals surface area contributed by atoms with Crippen LogP contribution >= 0.6 is 11.3 Å². The van der Waals surface area contributed by atoms with Crippen molar-refractivity contribution in [3.63, 3.8) is 0 Å². The molecule has 0 aliphatic rings. The maximum absolute atomic E-state index is 11.7. The Hall–Kier alpha value is -1.03. The summed E-state index contributed by atoms with van der Waals surface area (Å²) in [5.41, 5.74) is 0. The number of thiazole rings is 1. The van der Waals surface area contributed by atoms with Gasteiger partial charge in [0.25, 0.3) is 0 Å². The number of nitrogens with one attached hydrogen (secondary N) is 3. The molecule has 0 spiro atoms. The van der Waals surface area contributed by atoms with Crippen molar-refractivity contribution in [3.05, 3.63) is 11.6 Å². The van der Waals surface area contributed by atoms with Crippen molar-refractivity contribution in [2.45, 2.75) is 13.0 Å². The minimum Gasteiger partial charge on any atom is -0.305 e. The van der Waals surface area contributed by atoms with Crippen LogP contribution < -0.4 is 15.4 Å². The lowest BCUT2D eigenvalue weighted by Crippen LogP contribution is -2.41. The number of anilines is 1. The first-order valence-corrected chi connectivity index (χ1v) is 8.04. The highest BCUT2D eigenvalue weighted by molar-refractivity contribution is 7.88. The molecule has 0 bridgehead atoms. The third-order valence-corrected chi connectivity index (χ3v) is 3.41. The van der Waals surface area contributed by atoms with E-state index in [9.17, 15) is 13.2 Å². The normalized spacial score (nSPS) is 13.2. The van der Waals surface area contributed by atoms with E-state index < -0.39 is 16.1 Å². The number of hydrogen-bond donors (Lipinski definition) is 3. The van der Waals surface area contributed by atoms with Gasteiger partial charge in [-0.15, -0.1) is 11.3 Å². The van der Waals surface area contributed by atoms with E-state index in [1.807, 2.05) is 0 Å². The van der Waals surface area contributed by atoms with Gasteiger partial charge in [0.15, 0.2) is 5.13 Å². The summed E-state index contributed by atoms with van der Waals surface area (Å²) in [4.78, 5) is 15.6. The molecule has 0 saturated heterocycles. The number of carbonyl (C=O) groups is 1. The monoisotopic (exact) mass is 292 g/mol. The van der Waals surface area contributed by atoms with E-state index in [0.717, 1.165) is 6.26 Å². The molecule has 7 nitrogen and oxygen atoms in total. The van der Waals surface area contributed by atoms with E-state index in [4.69, 9.17) is 0 Å². The van der Waals surface area contributed by atoms with Gasteiger partial charge in [-0.1, -0.05) is 0 Å². The first-order valence-electron chi connectivity index (χ1n) is 5.27. The van der Waals surface area contributed by atoms with Gasteiger partial charge < -0.3 is 10.6 Å². The van der Waals surface area contributed by atoms with E-state index in [-0.39, 0.29) is 12.5 Å². The molecule has 0 aromatic carbocycles. The van der Waals surface area contributed by atoms with Crippen LogP contribution in [0.4, 0.5) is 5.13 Å². The average Bonchev–Trinajstić information content (AvgIpc) is 2.75. The van der Waals surface area contributed by atoms with Crippen LogP contribution in [0.25, 0.3) is 0 Å². The SMILES string of the molecule is CC(NCCNS(C)(=O)=O)C(=O)Nc1nccs1. The fourth-order valence-corrected chi connectivity index (χ4v) is 2.12. The zero-order valence-corrected chi connectivity index (χ0v) is 11.8. The minimum atomic E-state index is -3.18. The summed E-state index contributed by atoms with van der Waals surface area (Å²) >= 11 is 1.34. The molecule has 0 fully saturated rings. The third-order valence-electron chi connectivity index (χ3n) is 2.00. The Kier molecular flexibility index (Phi) is 5.66. The summed E-state index contributed by atoms with van der Waals surface area (Å²) < 4.78 is 23.9. The minimum absolute atomic E-state index is 0.204. The second-order valence-electron chi connectivity index (χ2n) is 3.67. The lowest BCUT2D eigenvalue weighted by Gasteiger charge is -2.12. The van der Waals surface area contributed by atoms with Crippen molar-refractivity contribution in [2.75, 3.05) is 24.7 Å². The fraction of sp³-hybridized carbons (Fsp3) is 0.556. The van der Waals surface area contributed by atoms with Crippen molar-refractivity contribution in [1.29, 1.82) is 0 Å². The second-order valence-corrected chi connectivity index (χ2v) is 6.40. The van der Waals surface area contributed by atoms with Crippen LogP contribution in [0.1, 0.15) is 6.92 Å². The Balaban J connectivity index is 2.24. The predicted molar refractivity (Wildman–Crippen MR) is 71.1 cm³/mol. The molecule has 9 heteroatoms. The van der Waals surface area contributed by atoms with Gasteiger partial charge >= 0.3 is 0 Å². The van der Waals surface area contributed by atoms with E-state index in [1.54, 1.807) is 18.5 Å². The molecule has 3 N–H and O–H groups in total. The number of rotatable bonds is 7. The van der Waals surface area contributed by atoms with Gasteiger partial charge in [-0.25, -0.2) is 18.1 Å². The van der Waals surface area contributed by atoms with Crippen LogP contribution in [0.3, 0.4) is 0 Å². The fourth-order valence-electron chi connectivity index (χ4n) is 1.12. The molecule has 1 aromatic heterocycles.